The van der Waals surface area contributed by atoms with E-state index >= 15 is 0 Å². The number of hydrogen-bond donors (Lipinski definition) is 1. The molecule has 5 rings (SSSR count). The van der Waals surface area contributed by atoms with Gasteiger partial charge in [-0.05, 0) is 108 Å². The molecule has 0 heterocycles. The number of hydrogen-bond acceptors (Lipinski definition) is 7. The first kappa shape index (κ1) is 39.4. The van der Waals surface area contributed by atoms with Crippen LogP contribution in [0.5, 0.6) is 0 Å². The van der Waals surface area contributed by atoms with E-state index in [1.165, 1.54) is 6.08 Å². The number of para-hydroxylation sites is 1. The van der Waals surface area contributed by atoms with Crippen LogP contribution < -0.4 is 4.90 Å². The Morgan fingerprint density at radius 2 is 1.11 bits per heavy atom. The van der Waals surface area contributed by atoms with E-state index in [9.17, 15) is 20.4 Å². The molecule has 1 atom stereocenters. The minimum atomic E-state index is -1.34. The number of anilines is 3. The molecule has 7 heteroatoms. The summed E-state index contributed by atoms with van der Waals surface area (Å²) in [6.07, 6.45) is 8.29. The Labute approximate surface area is 323 Å². The first-order valence-corrected chi connectivity index (χ1v) is 18.1. The topological polar surface area (TPSA) is 107 Å². The van der Waals surface area contributed by atoms with E-state index in [0.29, 0.717) is 25.0 Å². The average Bonchev–Trinajstić information content (AvgIpc) is 3.24. The van der Waals surface area contributed by atoms with E-state index in [-0.39, 0.29) is 17.8 Å². The Hall–Kier alpha value is -6.77. The lowest BCUT2D eigenvalue weighted by Crippen LogP contribution is -2.15. The van der Waals surface area contributed by atoms with Crippen LogP contribution in [-0.2, 0) is 27.1 Å². The standard InChI is InChI=1S/C48H43N3O4/c1-3-36-14-18-38(19-15-36)10-8-30-54-47(52)42(34-49)32-40-22-26-45(27-23-40)51(44-12-6-5-7-13-44)46-28-24-41(25-29-46)33-43(35-50)48(53)55-31-9-11-39-20-16-37(4-2)17-21-39/h3-7,12-29,32-33,47,52H,1-2,8-11,30-31H2/b42-32+,43-33+. The number of esters is 1. The number of nitriles is 2. The molecule has 0 saturated heterocycles. The number of benzene rings is 5. The van der Waals surface area contributed by atoms with Crippen LogP contribution in [0.4, 0.5) is 17.1 Å². The van der Waals surface area contributed by atoms with E-state index in [4.69, 9.17) is 9.47 Å². The maximum atomic E-state index is 12.7. The van der Waals surface area contributed by atoms with Crippen molar-refractivity contribution in [1.29, 1.82) is 10.5 Å². The number of nitrogens with zero attached hydrogens (tertiary/aromatic N) is 3. The minimum Gasteiger partial charge on any atom is -0.462 e. The Kier molecular flexibility index (Phi) is 14.7. The van der Waals surface area contributed by atoms with Gasteiger partial charge in [-0.15, -0.1) is 0 Å². The van der Waals surface area contributed by atoms with Crippen molar-refractivity contribution in [3.8, 4) is 12.1 Å². The van der Waals surface area contributed by atoms with Crippen LogP contribution in [0.3, 0.4) is 0 Å². The fourth-order valence-electron chi connectivity index (χ4n) is 5.83. The maximum Gasteiger partial charge on any atom is 0.348 e. The van der Waals surface area contributed by atoms with E-state index in [1.807, 2.05) is 133 Å². The van der Waals surface area contributed by atoms with Gasteiger partial charge in [0.25, 0.3) is 0 Å². The molecular formula is C48H43N3O4. The van der Waals surface area contributed by atoms with Gasteiger partial charge in [0.1, 0.15) is 17.7 Å². The highest BCUT2D eigenvalue weighted by Gasteiger charge is 2.15. The summed E-state index contributed by atoms with van der Waals surface area (Å²) in [6.45, 7) is 8.05. The van der Waals surface area contributed by atoms with Crippen LogP contribution in [0, 0.1) is 22.7 Å². The van der Waals surface area contributed by atoms with Gasteiger partial charge in [-0.1, -0.05) is 116 Å². The monoisotopic (exact) mass is 725 g/mol. The van der Waals surface area contributed by atoms with Crippen molar-refractivity contribution >= 4 is 47.3 Å². The summed E-state index contributed by atoms with van der Waals surface area (Å²) < 4.78 is 11.0. The zero-order valence-electron chi connectivity index (χ0n) is 30.7. The SMILES string of the molecule is C=Cc1ccc(CCCOC(=O)/C(C#N)=C/c2ccc(N(c3ccccc3)c3ccc(/C=C(\C#N)C(O)OCCCc4ccc(C=C)cc4)cc3)cc2)cc1. The number of rotatable bonds is 18. The number of carbonyl (C=O) groups excluding carboxylic acids is 1. The highest BCUT2D eigenvalue weighted by atomic mass is 16.6. The molecule has 5 aromatic rings. The fraction of sp³-hybridized carbons (Fsp3) is 0.146. The van der Waals surface area contributed by atoms with Crippen LogP contribution in [0.2, 0.25) is 0 Å². The largest absolute Gasteiger partial charge is 0.462 e. The van der Waals surface area contributed by atoms with Gasteiger partial charge in [0, 0.05) is 17.1 Å². The smallest absolute Gasteiger partial charge is 0.348 e. The lowest BCUT2D eigenvalue weighted by atomic mass is 10.1. The summed E-state index contributed by atoms with van der Waals surface area (Å²) in [5.41, 5.74) is 8.50. The third-order valence-corrected chi connectivity index (χ3v) is 8.84. The molecule has 0 fully saturated rings. The minimum absolute atomic E-state index is 0.0753. The number of ether oxygens (including phenoxy) is 2. The molecule has 0 aromatic heterocycles. The average molecular weight is 726 g/mol. The molecular weight excluding hydrogens is 683 g/mol. The van der Waals surface area contributed by atoms with Crippen LogP contribution in [0.1, 0.15) is 46.2 Å². The summed E-state index contributed by atoms with van der Waals surface area (Å²) in [7, 11) is 0. The number of aliphatic hydroxyl groups is 1. The molecule has 7 nitrogen and oxygen atoms in total. The van der Waals surface area contributed by atoms with Gasteiger partial charge in [0.15, 0.2) is 6.29 Å². The van der Waals surface area contributed by atoms with Crippen molar-refractivity contribution in [2.75, 3.05) is 18.1 Å². The van der Waals surface area contributed by atoms with Gasteiger partial charge >= 0.3 is 5.97 Å². The van der Waals surface area contributed by atoms with Crippen LogP contribution in [0.15, 0.2) is 152 Å². The fourth-order valence-corrected chi connectivity index (χ4v) is 5.83. The van der Waals surface area contributed by atoms with Crippen molar-refractivity contribution in [2.24, 2.45) is 0 Å². The Morgan fingerprint density at radius 3 is 1.60 bits per heavy atom. The molecule has 0 aliphatic heterocycles. The van der Waals surface area contributed by atoms with Crippen molar-refractivity contribution in [2.45, 2.75) is 32.0 Å². The molecule has 0 bridgehead atoms. The Bertz CT molecular complexity index is 2170. The predicted molar refractivity (Wildman–Crippen MR) is 221 cm³/mol. The summed E-state index contributed by atoms with van der Waals surface area (Å²) in [6, 6.07) is 45.2. The van der Waals surface area contributed by atoms with Gasteiger partial charge in [-0.25, -0.2) is 4.79 Å². The lowest BCUT2D eigenvalue weighted by Gasteiger charge is -2.25. The number of aliphatic hydroxyl groups excluding tert-OH is 1. The highest BCUT2D eigenvalue weighted by Crippen LogP contribution is 2.35. The first-order chi connectivity index (χ1) is 26.9. The van der Waals surface area contributed by atoms with Gasteiger partial charge in [0.05, 0.1) is 18.8 Å². The molecule has 1 N–H and O–H groups in total. The summed E-state index contributed by atoms with van der Waals surface area (Å²) in [5.74, 6) is -0.655. The number of carbonyl (C=O) groups is 1. The zero-order chi connectivity index (χ0) is 38.8. The lowest BCUT2D eigenvalue weighted by molar-refractivity contribution is -0.138. The van der Waals surface area contributed by atoms with Gasteiger partial charge in [-0.3, -0.25) is 0 Å². The zero-order valence-corrected chi connectivity index (χ0v) is 30.7. The molecule has 5 aromatic carbocycles. The maximum absolute atomic E-state index is 12.7. The number of aryl methyl sites for hydroxylation is 2. The third-order valence-electron chi connectivity index (χ3n) is 8.84. The normalized spacial score (nSPS) is 11.8. The second kappa shape index (κ2) is 20.5. The summed E-state index contributed by atoms with van der Waals surface area (Å²) in [4.78, 5) is 14.8. The van der Waals surface area contributed by atoms with Gasteiger partial charge in [0.2, 0.25) is 0 Å². The first-order valence-electron chi connectivity index (χ1n) is 18.1. The third kappa shape index (κ3) is 11.6. The molecule has 0 amide bonds. The molecule has 0 aliphatic carbocycles. The van der Waals surface area contributed by atoms with Crippen molar-refractivity contribution in [3.05, 3.63) is 185 Å². The van der Waals surface area contributed by atoms with Gasteiger partial charge < -0.3 is 19.5 Å². The second-order valence-corrected chi connectivity index (χ2v) is 12.7. The molecule has 0 aliphatic rings. The van der Waals surface area contributed by atoms with Crippen LogP contribution in [-0.4, -0.2) is 30.6 Å². The highest BCUT2D eigenvalue weighted by molar-refractivity contribution is 5.98. The molecule has 55 heavy (non-hydrogen) atoms. The van der Waals surface area contributed by atoms with E-state index in [0.717, 1.165) is 57.7 Å². The van der Waals surface area contributed by atoms with Crippen molar-refractivity contribution in [3.63, 3.8) is 0 Å². The predicted octanol–water partition coefficient (Wildman–Crippen LogP) is 10.4. The molecule has 0 radical (unpaired) electrons. The molecule has 274 valence electrons. The van der Waals surface area contributed by atoms with Crippen molar-refractivity contribution in [1.82, 2.24) is 0 Å². The molecule has 1 unspecified atom stereocenters. The summed E-state index contributed by atoms with van der Waals surface area (Å²) >= 11 is 0. The van der Waals surface area contributed by atoms with E-state index in [2.05, 4.69) is 24.1 Å². The summed E-state index contributed by atoms with van der Waals surface area (Å²) in [5, 5.41) is 30.1. The van der Waals surface area contributed by atoms with Crippen molar-refractivity contribution < 1.29 is 19.4 Å². The van der Waals surface area contributed by atoms with Crippen LogP contribution >= 0.6 is 0 Å². The Morgan fingerprint density at radius 1 is 0.636 bits per heavy atom. The Balaban J connectivity index is 1.21. The van der Waals surface area contributed by atoms with Crippen LogP contribution in [0.25, 0.3) is 24.3 Å². The van der Waals surface area contributed by atoms with Gasteiger partial charge in [-0.2, -0.15) is 10.5 Å². The molecule has 0 spiro atoms. The van der Waals surface area contributed by atoms with E-state index in [1.54, 1.807) is 18.2 Å². The second-order valence-electron chi connectivity index (χ2n) is 12.7. The molecule has 0 saturated carbocycles. The quantitative estimate of drug-likeness (QED) is 0.0315. The van der Waals surface area contributed by atoms with E-state index < -0.39 is 12.3 Å².